The highest BCUT2D eigenvalue weighted by Gasteiger charge is 2.15. The molecule has 36 heavy (non-hydrogen) atoms. The molecule has 0 unspecified atom stereocenters. The number of carbonyl (C=O) groups excluding carboxylic acids is 1. The van der Waals surface area contributed by atoms with E-state index in [9.17, 15) is 4.79 Å². The van der Waals surface area contributed by atoms with Crippen LogP contribution in [0.15, 0.2) is 54.7 Å². The maximum Gasteiger partial charge on any atom is 0.258 e. The molecule has 2 N–H and O–H groups in total. The summed E-state index contributed by atoms with van der Waals surface area (Å²) in [5.41, 5.74) is 1.20. The van der Waals surface area contributed by atoms with Crippen LogP contribution in [0.25, 0.3) is 22.3 Å². The Hall–Kier alpha value is -4.14. The van der Waals surface area contributed by atoms with Gasteiger partial charge in [0.25, 0.3) is 5.91 Å². The number of aromatic nitrogens is 4. The van der Waals surface area contributed by atoms with Crippen LogP contribution in [-0.4, -0.2) is 43.9 Å². The molecular weight excluding hydrogens is 456 g/mol. The van der Waals surface area contributed by atoms with Gasteiger partial charge in [-0.2, -0.15) is 5.10 Å². The summed E-state index contributed by atoms with van der Waals surface area (Å²) >= 11 is 0. The first-order valence-electron chi connectivity index (χ1n) is 11.8. The number of hydrogen-bond acceptors (Lipinski definition) is 7. The van der Waals surface area contributed by atoms with E-state index in [4.69, 9.17) is 19.4 Å². The SMILES string of the molecule is CC(C)Oc1ccc2nc(-c3cccc(OCC(=O)NC(C)(C)C)c3)nc(Nc3ccn(C)n3)c2c1. The Morgan fingerprint density at radius 3 is 2.56 bits per heavy atom. The van der Waals surface area contributed by atoms with Crippen molar-refractivity contribution in [1.82, 2.24) is 25.1 Å². The minimum absolute atomic E-state index is 0.0445. The van der Waals surface area contributed by atoms with E-state index in [1.54, 1.807) is 10.7 Å². The zero-order valence-corrected chi connectivity index (χ0v) is 21.5. The van der Waals surface area contributed by atoms with E-state index < -0.39 is 0 Å². The number of fused-ring (bicyclic) bond motifs is 1. The fourth-order valence-electron chi connectivity index (χ4n) is 3.61. The second kappa shape index (κ2) is 10.2. The minimum Gasteiger partial charge on any atom is -0.491 e. The van der Waals surface area contributed by atoms with Crippen molar-refractivity contribution < 1.29 is 14.3 Å². The second-order valence-corrected chi connectivity index (χ2v) is 9.86. The first kappa shape index (κ1) is 25.0. The molecule has 4 aromatic rings. The minimum atomic E-state index is -0.321. The Kier molecular flexibility index (Phi) is 7.10. The zero-order chi connectivity index (χ0) is 25.9. The number of benzene rings is 2. The van der Waals surface area contributed by atoms with Crippen molar-refractivity contribution in [2.75, 3.05) is 11.9 Å². The van der Waals surface area contributed by atoms with Gasteiger partial charge in [-0.15, -0.1) is 0 Å². The van der Waals surface area contributed by atoms with Gasteiger partial charge < -0.3 is 20.1 Å². The van der Waals surface area contributed by atoms with Crippen LogP contribution in [0.5, 0.6) is 11.5 Å². The number of carbonyl (C=O) groups is 1. The van der Waals surface area contributed by atoms with Gasteiger partial charge in [-0.05, 0) is 65.0 Å². The van der Waals surface area contributed by atoms with Gasteiger partial charge in [-0.25, -0.2) is 9.97 Å². The fourth-order valence-corrected chi connectivity index (χ4v) is 3.61. The summed E-state index contributed by atoms with van der Waals surface area (Å²) in [6, 6.07) is 15.0. The van der Waals surface area contributed by atoms with E-state index in [2.05, 4.69) is 15.7 Å². The molecule has 0 aliphatic heterocycles. The van der Waals surface area contributed by atoms with E-state index in [-0.39, 0.29) is 24.2 Å². The van der Waals surface area contributed by atoms with Gasteiger partial charge in [0.15, 0.2) is 18.2 Å². The predicted octanol–water partition coefficient (Wildman–Crippen LogP) is 4.85. The van der Waals surface area contributed by atoms with Crippen molar-refractivity contribution in [3.05, 3.63) is 54.7 Å². The van der Waals surface area contributed by atoms with Gasteiger partial charge in [0.2, 0.25) is 0 Å². The van der Waals surface area contributed by atoms with Crippen molar-refractivity contribution in [3.63, 3.8) is 0 Å². The molecular formula is C27H32N6O3. The van der Waals surface area contributed by atoms with E-state index in [1.807, 2.05) is 90.3 Å². The molecule has 0 spiro atoms. The third-order valence-electron chi connectivity index (χ3n) is 4.98. The van der Waals surface area contributed by atoms with Gasteiger partial charge in [-0.3, -0.25) is 9.48 Å². The predicted molar refractivity (Wildman–Crippen MR) is 141 cm³/mol. The molecule has 0 fully saturated rings. The van der Waals surface area contributed by atoms with Gasteiger partial charge in [0.1, 0.15) is 17.3 Å². The summed E-state index contributed by atoms with van der Waals surface area (Å²) in [4.78, 5) is 21.8. The smallest absolute Gasteiger partial charge is 0.258 e. The van der Waals surface area contributed by atoms with Crippen molar-refractivity contribution in [2.45, 2.75) is 46.3 Å². The summed E-state index contributed by atoms with van der Waals surface area (Å²) < 4.78 is 13.3. The maximum absolute atomic E-state index is 12.2. The van der Waals surface area contributed by atoms with Gasteiger partial charge in [-0.1, -0.05) is 12.1 Å². The van der Waals surface area contributed by atoms with E-state index in [0.29, 0.717) is 23.2 Å². The number of hydrogen-bond donors (Lipinski definition) is 2. The quantitative estimate of drug-likeness (QED) is 0.365. The van der Waals surface area contributed by atoms with Crippen LogP contribution in [0.3, 0.4) is 0 Å². The third kappa shape index (κ3) is 6.50. The molecule has 2 heterocycles. The molecule has 1 amide bonds. The van der Waals surface area contributed by atoms with E-state index in [1.165, 1.54) is 0 Å². The molecule has 0 saturated carbocycles. The van der Waals surface area contributed by atoms with Gasteiger partial charge in [0.05, 0.1) is 11.6 Å². The zero-order valence-electron chi connectivity index (χ0n) is 21.5. The molecule has 2 aromatic carbocycles. The summed E-state index contributed by atoms with van der Waals surface area (Å²) in [6.45, 7) is 9.67. The van der Waals surface area contributed by atoms with Crippen LogP contribution in [0.1, 0.15) is 34.6 Å². The monoisotopic (exact) mass is 488 g/mol. The average Bonchev–Trinajstić information content (AvgIpc) is 3.21. The molecule has 0 bridgehead atoms. The summed E-state index contributed by atoms with van der Waals surface area (Å²) in [5.74, 6) is 2.90. The molecule has 0 saturated heterocycles. The van der Waals surface area contributed by atoms with E-state index in [0.717, 1.165) is 22.2 Å². The Morgan fingerprint density at radius 1 is 1.06 bits per heavy atom. The maximum atomic E-state index is 12.2. The number of nitrogens with one attached hydrogen (secondary N) is 2. The van der Waals surface area contributed by atoms with Gasteiger partial charge >= 0.3 is 0 Å². The first-order chi connectivity index (χ1) is 17.1. The van der Waals surface area contributed by atoms with Crippen molar-refractivity contribution >= 4 is 28.4 Å². The number of rotatable bonds is 8. The lowest BCUT2D eigenvalue weighted by molar-refractivity contribution is -0.124. The van der Waals surface area contributed by atoms with Crippen LogP contribution < -0.4 is 20.1 Å². The van der Waals surface area contributed by atoms with Crippen molar-refractivity contribution in [1.29, 1.82) is 0 Å². The Labute approximate surface area is 210 Å². The lowest BCUT2D eigenvalue weighted by atomic mass is 10.1. The molecule has 9 nitrogen and oxygen atoms in total. The van der Waals surface area contributed by atoms with Crippen LogP contribution >= 0.6 is 0 Å². The fraction of sp³-hybridized carbons (Fsp3) is 0.333. The highest BCUT2D eigenvalue weighted by molar-refractivity contribution is 5.93. The lowest BCUT2D eigenvalue weighted by Crippen LogP contribution is -2.43. The Morgan fingerprint density at radius 2 is 1.86 bits per heavy atom. The summed E-state index contributed by atoms with van der Waals surface area (Å²) in [6.07, 6.45) is 1.90. The number of anilines is 2. The van der Waals surface area contributed by atoms with Crippen LogP contribution in [-0.2, 0) is 11.8 Å². The van der Waals surface area contributed by atoms with Crippen LogP contribution in [0.2, 0.25) is 0 Å². The third-order valence-corrected chi connectivity index (χ3v) is 4.98. The highest BCUT2D eigenvalue weighted by atomic mass is 16.5. The summed E-state index contributed by atoms with van der Waals surface area (Å²) in [7, 11) is 1.86. The normalized spacial score (nSPS) is 11.5. The Bertz CT molecular complexity index is 1370. The van der Waals surface area contributed by atoms with E-state index >= 15 is 0 Å². The van der Waals surface area contributed by atoms with Crippen molar-refractivity contribution in [3.8, 4) is 22.9 Å². The number of amides is 1. The second-order valence-electron chi connectivity index (χ2n) is 9.86. The highest BCUT2D eigenvalue weighted by Crippen LogP contribution is 2.31. The molecule has 0 aliphatic rings. The van der Waals surface area contributed by atoms with Crippen LogP contribution in [0, 0.1) is 0 Å². The number of aryl methyl sites for hydroxylation is 1. The van der Waals surface area contributed by atoms with Crippen LogP contribution in [0.4, 0.5) is 11.6 Å². The Balaban J connectivity index is 1.67. The topological polar surface area (TPSA) is 103 Å². The van der Waals surface area contributed by atoms with Gasteiger partial charge in [0, 0.05) is 35.8 Å². The average molecular weight is 489 g/mol. The molecule has 188 valence electrons. The molecule has 0 radical (unpaired) electrons. The number of ether oxygens (including phenoxy) is 2. The molecule has 0 aliphatic carbocycles. The molecule has 2 aromatic heterocycles. The first-order valence-corrected chi connectivity index (χ1v) is 11.8. The number of nitrogens with zero attached hydrogens (tertiary/aromatic N) is 4. The lowest BCUT2D eigenvalue weighted by Gasteiger charge is -2.20. The molecule has 0 atom stereocenters. The summed E-state index contributed by atoms with van der Waals surface area (Å²) in [5, 5.41) is 11.4. The standard InChI is InChI=1S/C27H32N6O3/c1-17(2)36-20-10-11-22-21(15-20)26(29-23-12-13-33(6)32-23)30-25(28-22)18-8-7-9-19(14-18)35-16-24(34)31-27(3,4)5/h7-15,17H,16H2,1-6H3,(H,31,34)(H,28,29,30,32). The molecule has 4 rings (SSSR count). The largest absolute Gasteiger partial charge is 0.491 e. The van der Waals surface area contributed by atoms with Crippen molar-refractivity contribution in [2.24, 2.45) is 7.05 Å². The molecule has 9 heteroatoms.